The molecule has 5 nitrogen and oxygen atoms in total. The summed E-state index contributed by atoms with van der Waals surface area (Å²) in [7, 11) is 1.34. The van der Waals surface area contributed by atoms with Crippen LogP contribution in [0.5, 0.6) is 0 Å². The van der Waals surface area contributed by atoms with Crippen LogP contribution in [0.4, 0.5) is 0 Å². The van der Waals surface area contributed by atoms with Crippen molar-refractivity contribution in [3.63, 3.8) is 0 Å². The van der Waals surface area contributed by atoms with Crippen LogP contribution in [0.3, 0.4) is 0 Å². The Morgan fingerprint density at radius 1 is 1.08 bits per heavy atom. The molecule has 1 aromatic carbocycles. The minimum atomic E-state index is -0.407. The van der Waals surface area contributed by atoms with Crippen molar-refractivity contribution >= 4 is 17.4 Å². The van der Waals surface area contributed by atoms with Crippen LogP contribution in [0.25, 0.3) is 5.70 Å². The molecule has 0 spiro atoms. The summed E-state index contributed by atoms with van der Waals surface area (Å²) < 4.78 is 4.68. The number of nitrogens with zero attached hydrogens (tertiary/aromatic N) is 2. The van der Waals surface area contributed by atoms with Gasteiger partial charge in [0.1, 0.15) is 0 Å². The van der Waals surface area contributed by atoms with E-state index in [2.05, 4.69) is 21.2 Å². The van der Waals surface area contributed by atoms with Gasteiger partial charge in [0.05, 0.1) is 24.1 Å². The fourth-order valence-corrected chi connectivity index (χ4v) is 3.21. The highest BCUT2D eigenvalue weighted by Crippen LogP contribution is 2.26. The maximum Gasteiger partial charge on any atom is 0.339 e. The molecule has 26 heavy (non-hydrogen) atoms. The third kappa shape index (κ3) is 3.82. The third-order valence-electron chi connectivity index (χ3n) is 4.79. The lowest BCUT2D eigenvalue weighted by Crippen LogP contribution is -2.35. The Morgan fingerprint density at radius 3 is 2.35 bits per heavy atom. The standard InChI is InChI=1S/C21H22N2O3/c1-15(19-9-8-18(14-22-19)21(25)26-2)23-12-10-17(11-13-23)20(24)16-6-4-3-5-7-16/h3-9,14,17H,1,10-13H2,2H3. The molecule has 3 rings (SSSR count). The zero-order chi connectivity index (χ0) is 18.5. The number of carbonyl (C=O) groups excluding carboxylic acids is 2. The van der Waals surface area contributed by atoms with E-state index in [0.717, 1.165) is 42.9 Å². The van der Waals surface area contributed by atoms with Gasteiger partial charge in [-0.1, -0.05) is 36.9 Å². The number of ketones is 1. The molecule has 5 heteroatoms. The molecule has 2 aromatic rings. The van der Waals surface area contributed by atoms with Crippen LogP contribution < -0.4 is 0 Å². The molecule has 134 valence electrons. The van der Waals surface area contributed by atoms with Gasteiger partial charge in [-0.15, -0.1) is 0 Å². The van der Waals surface area contributed by atoms with E-state index in [9.17, 15) is 9.59 Å². The summed E-state index contributed by atoms with van der Waals surface area (Å²) in [6.07, 6.45) is 3.10. The molecular weight excluding hydrogens is 328 g/mol. The zero-order valence-corrected chi connectivity index (χ0v) is 14.9. The molecule has 2 heterocycles. The maximum atomic E-state index is 12.6. The fourth-order valence-electron chi connectivity index (χ4n) is 3.21. The van der Waals surface area contributed by atoms with Crippen molar-refractivity contribution < 1.29 is 14.3 Å². The minimum absolute atomic E-state index is 0.0520. The highest BCUT2D eigenvalue weighted by Gasteiger charge is 2.26. The van der Waals surface area contributed by atoms with Crippen LogP contribution in [0, 0.1) is 5.92 Å². The van der Waals surface area contributed by atoms with E-state index in [0.29, 0.717) is 5.56 Å². The van der Waals surface area contributed by atoms with Crippen LogP contribution in [-0.4, -0.2) is 41.8 Å². The van der Waals surface area contributed by atoms with E-state index in [4.69, 9.17) is 0 Å². The number of benzene rings is 1. The first kappa shape index (κ1) is 17.9. The summed E-state index contributed by atoms with van der Waals surface area (Å²) in [5.41, 5.74) is 2.73. The van der Waals surface area contributed by atoms with E-state index in [1.807, 2.05) is 30.3 Å². The monoisotopic (exact) mass is 350 g/mol. The summed E-state index contributed by atoms with van der Waals surface area (Å²) in [5, 5.41) is 0. The third-order valence-corrected chi connectivity index (χ3v) is 4.79. The van der Waals surface area contributed by atoms with Gasteiger partial charge in [-0.25, -0.2) is 4.79 Å². The second-order valence-electron chi connectivity index (χ2n) is 6.36. The number of piperidine rings is 1. The molecule has 1 aliphatic heterocycles. The normalized spacial score (nSPS) is 14.7. The lowest BCUT2D eigenvalue weighted by Gasteiger charge is -2.34. The highest BCUT2D eigenvalue weighted by atomic mass is 16.5. The van der Waals surface area contributed by atoms with Gasteiger partial charge in [-0.3, -0.25) is 9.78 Å². The number of aromatic nitrogens is 1. The Kier molecular flexibility index (Phi) is 5.46. The van der Waals surface area contributed by atoms with Gasteiger partial charge < -0.3 is 9.64 Å². The van der Waals surface area contributed by atoms with Gasteiger partial charge in [-0.05, 0) is 25.0 Å². The van der Waals surface area contributed by atoms with Crippen molar-refractivity contribution in [3.05, 3.63) is 72.1 Å². The van der Waals surface area contributed by atoms with E-state index in [-0.39, 0.29) is 11.7 Å². The average molecular weight is 350 g/mol. The van der Waals surface area contributed by atoms with Gasteiger partial charge in [0.15, 0.2) is 5.78 Å². The van der Waals surface area contributed by atoms with Crippen LogP contribution in [0.15, 0.2) is 55.2 Å². The molecule has 1 saturated heterocycles. The Bertz CT molecular complexity index is 792. The maximum absolute atomic E-state index is 12.6. The number of carbonyl (C=O) groups is 2. The lowest BCUT2D eigenvalue weighted by atomic mass is 9.88. The molecule has 0 atom stereocenters. The SMILES string of the molecule is C=C(c1ccc(C(=O)OC)cn1)N1CCC(C(=O)c2ccccc2)CC1. The molecule has 0 saturated carbocycles. The number of rotatable bonds is 5. The predicted molar refractivity (Wildman–Crippen MR) is 99.7 cm³/mol. The van der Waals surface area contributed by atoms with Crippen molar-refractivity contribution in [2.75, 3.05) is 20.2 Å². The van der Waals surface area contributed by atoms with Gasteiger partial charge >= 0.3 is 5.97 Å². The molecule has 1 fully saturated rings. The van der Waals surface area contributed by atoms with E-state index in [1.165, 1.54) is 13.3 Å². The highest BCUT2D eigenvalue weighted by molar-refractivity contribution is 5.97. The van der Waals surface area contributed by atoms with Crippen molar-refractivity contribution in [2.24, 2.45) is 5.92 Å². The summed E-state index contributed by atoms with van der Waals surface area (Å²) in [6.45, 7) is 5.67. The van der Waals surface area contributed by atoms with Crippen LogP contribution in [0.2, 0.25) is 0 Å². The second kappa shape index (κ2) is 7.95. The average Bonchev–Trinajstić information content (AvgIpc) is 2.73. The molecule has 0 N–H and O–H groups in total. The molecule has 0 amide bonds. The van der Waals surface area contributed by atoms with Crippen molar-refractivity contribution in [2.45, 2.75) is 12.8 Å². The smallest absolute Gasteiger partial charge is 0.339 e. The summed E-state index contributed by atoms with van der Waals surface area (Å²) in [5.74, 6) is -0.137. The number of hydrogen-bond acceptors (Lipinski definition) is 5. The number of Topliss-reactive ketones (excluding diaryl/α,β-unsaturated/α-hetero) is 1. The second-order valence-corrected chi connectivity index (χ2v) is 6.36. The van der Waals surface area contributed by atoms with E-state index in [1.54, 1.807) is 12.1 Å². The van der Waals surface area contributed by atoms with Gasteiger partial charge in [-0.2, -0.15) is 0 Å². The zero-order valence-electron chi connectivity index (χ0n) is 14.9. The Morgan fingerprint density at radius 2 is 1.77 bits per heavy atom. The number of likely N-dealkylation sites (tertiary alicyclic amines) is 1. The lowest BCUT2D eigenvalue weighted by molar-refractivity contribution is 0.0600. The topological polar surface area (TPSA) is 59.5 Å². The number of pyridine rings is 1. The molecule has 0 unspecified atom stereocenters. The number of methoxy groups -OCH3 is 1. The summed E-state index contributed by atoms with van der Waals surface area (Å²) in [6, 6.07) is 12.9. The summed E-state index contributed by atoms with van der Waals surface area (Å²) >= 11 is 0. The van der Waals surface area contributed by atoms with Gasteiger partial charge in [0.25, 0.3) is 0 Å². The Hall–Kier alpha value is -2.95. The Labute approximate surface area is 153 Å². The molecule has 0 bridgehead atoms. The largest absolute Gasteiger partial charge is 0.465 e. The number of ether oxygens (including phenoxy) is 1. The summed E-state index contributed by atoms with van der Waals surface area (Å²) in [4.78, 5) is 30.5. The van der Waals surface area contributed by atoms with Gasteiger partial charge in [0, 0.05) is 30.8 Å². The molecule has 0 radical (unpaired) electrons. The minimum Gasteiger partial charge on any atom is -0.465 e. The van der Waals surface area contributed by atoms with Crippen molar-refractivity contribution in [3.8, 4) is 0 Å². The van der Waals surface area contributed by atoms with Crippen LogP contribution in [-0.2, 0) is 4.74 Å². The predicted octanol–water partition coefficient (Wildman–Crippen LogP) is 3.43. The van der Waals surface area contributed by atoms with Crippen LogP contribution in [0.1, 0.15) is 39.3 Å². The molecule has 1 aromatic heterocycles. The quantitative estimate of drug-likeness (QED) is 0.611. The first-order valence-corrected chi connectivity index (χ1v) is 8.68. The van der Waals surface area contributed by atoms with Crippen molar-refractivity contribution in [1.29, 1.82) is 0 Å². The number of esters is 1. The Balaban J connectivity index is 1.60. The molecule has 1 aliphatic rings. The van der Waals surface area contributed by atoms with E-state index >= 15 is 0 Å². The number of hydrogen-bond donors (Lipinski definition) is 0. The van der Waals surface area contributed by atoms with Crippen LogP contribution >= 0.6 is 0 Å². The van der Waals surface area contributed by atoms with Crippen molar-refractivity contribution in [1.82, 2.24) is 9.88 Å². The first-order valence-electron chi connectivity index (χ1n) is 8.68. The first-order chi connectivity index (χ1) is 12.6. The van der Waals surface area contributed by atoms with Gasteiger partial charge in [0.2, 0.25) is 0 Å². The van der Waals surface area contributed by atoms with E-state index < -0.39 is 5.97 Å². The molecule has 0 aliphatic carbocycles. The fraction of sp³-hybridized carbons (Fsp3) is 0.286. The molecular formula is C21H22N2O3.